The van der Waals surface area contributed by atoms with Crippen molar-refractivity contribution < 1.29 is 19.1 Å². The van der Waals surface area contributed by atoms with Crippen LogP contribution in [0.2, 0.25) is 0 Å². The summed E-state index contributed by atoms with van der Waals surface area (Å²) in [6.45, 7) is 0.963. The maximum Gasteiger partial charge on any atom is 0.305 e. The Labute approximate surface area is 219 Å². The van der Waals surface area contributed by atoms with Gasteiger partial charge in [-0.3, -0.25) is 14.4 Å². The number of pyridine rings is 2. The normalized spacial score (nSPS) is 15.2. The fraction of sp³-hybridized carbons (Fsp3) is 0.357. The van der Waals surface area contributed by atoms with E-state index >= 15 is 0 Å². The van der Waals surface area contributed by atoms with Gasteiger partial charge in [0.2, 0.25) is 5.91 Å². The largest absolute Gasteiger partial charge is 0.481 e. The maximum atomic E-state index is 13.8. The summed E-state index contributed by atoms with van der Waals surface area (Å²) >= 11 is 0. The predicted molar refractivity (Wildman–Crippen MR) is 141 cm³/mol. The summed E-state index contributed by atoms with van der Waals surface area (Å²) < 4.78 is 15.2. The minimum Gasteiger partial charge on any atom is -0.481 e. The van der Waals surface area contributed by atoms with E-state index in [1.54, 1.807) is 12.1 Å². The average Bonchev–Trinajstić information content (AvgIpc) is 3.74. The first-order valence-corrected chi connectivity index (χ1v) is 12.8. The molecule has 1 fully saturated rings. The number of anilines is 2. The number of fused-ring (bicyclic) bond motifs is 1. The first-order chi connectivity index (χ1) is 18.4. The Morgan fingerprint density at radius 2 is 2.03 bits per heavy atom. The van der Waals surface area contributed by atoms with Gasteiger partial charge in [-0.25, -0.2) is 9.37 Å². The van der Waals surface area contributed by atoms with Crippen LogP contribution in [0.3, 0.4) is 0 Å². The van der Waals surface area contributed by atoms with Crippen LogP contribution in [0, 0.1) is 5.82 Å². The fourth-order valence-corrected chi connectivity index (χ4v) is 4.81. The van der Waals surface area contributed by atoms with Crippen LogP contribution in [0.5, 0.6) is 0 Å². The molecule has 1 atom stereocenters. The van der Waals surface area contributed by atoms with E-state index in [9.17, 15) is 23.9 Å². The van der Waals surface area contributed by atoms with Crippen molar-refractivity contribution in [2.75, 3.05) is 17.2 Å². The van der Waals surface area contributed by atoms with Crippen LogP contribution in [-0.4, -0.2) is 33.1 Å². The van der Waals surface area contributed by atoms with Gasteiger partial charge in [0, 0.05) is 12.2 Å². The summed E-state index contributed by atoms with van der Waals surface area (Å²) in [4.78, 5) is 42.5. The minimum atomic E-state index is -1.13. The molecular weight excluding hydrogens is 489 g/mol. The molecule has 10 heteroatoms. The number of nitrogens with zero attached hydrogens (tertiary/aromatic N) is 2. The third-order valence-electron chi connectivity index (χ3n) is 6.88. The Morgan fingerprint density at radius 1 is 1.18 bits per heavy atom. The number of halogens is 1. The number of rotatable bonds is 10. The number of aliphatic carboxylic acids is 1. The molecule has 2 aromatic heterocycles. The van der Waals surface area contributed by atoms with Crippen molar-refractivity contribution in [1.29, 1.82) is 0 Å². The molecule has 1 unspecified atom stereocenters. The zero-order valence-corrected chi connectivity index (χ0v) is 20.9. The van der Waals surface area contributed by atoms with Crippen molar-refractivity contribution >= 4 is 23.4 Å². The van der Waals surface area contributed by atoms with E-state index in [0.717, 1.165) is 49.4 Å². The number of carbonyl (C=O) groups excluding carboxylic acids is 1. The number of aromatic nitrogens is 2. The van der Waals surface area contributed by atoms with Gasteiger partial charge in [0.15, 0.2) is 0 Å². The van der Waals surface area contributed by atoms with Gasteiger partial charge < -0.3 is 25.6 Å². The van der Waals surface area contributed by atoms with Crippen molar-refractivity contribution in [2.24, 2.45) is 0 Å². The standard InChI is InChI=1S/C28H30FN5O4/c29-20-5-1-3-19(13-20)23(14-26(36)37)33-25(35)16-34-24(17-6-7-17)11-10-22(28(34)38)31-15-21-9-8-18-4-2-12-30-27(18)32-21/h1,3,5,8-11,13,17,23,31H,2,4,6-7,12,14-16H2,(H,30,32)(H,33,35)(H,36,37). The first-order valence-electron chi connectivity index (χ1n) is 12.8. The number of hydrogen-bond acceptors (Lipinski definition) is 6. The molecule has 0 radical (unpaired) electrons. The topological polar surface area (TPSA) is 125 Å². The summed E-state index contributed by atoms with van der Waals surface area (Å²) in [5.74, 6) is -1.10. The van der Waals surface area contributed by atoms with E-state index in [1.807, 2.05) is 12.1 Å². The monoisotopic (exact) mass is 519 g/mol. The van der Waals surface area contributed by atoms with Gasteiger partial charge in [-0.2, -0.15) is 0 Å². The molecule has 1 aliphatic carbocycles. The number of hydrogen-bond donors (Lipinski definition) is 4. The van der Waals surface area contributed by atoms with Gasteiger partial charge >= 0.3 is 5.97 Å². The number of nitrogens with one attached hydrogen (secondary N) is 3. The quantitative estimate of drug-likeness (QED) is 0.323. The molecule has 0 bridgehead atoms. The summed E-state index contributed by atoms with van der Waals surface area (Å²) in [7, 11) is 0. The van der Waals surface area contributed by atoms with Gasteiger partial charge in [-0.1, -0.05) is 18.2 Å². The number of carboxylic acids is 1. The number of carboxylic acid groups (broad SMARTS) is 1. The number of aryl methyl sites for hydroxylation is 1. The number of amides is 1. The second-order valence-electron chi connectivity index (χ2n) is 9.80. The maximum absolute atomic E-state index is 13.8. The van der Waals surface area contributed by atoms with Crippen molar-refractivity contribution in [3.63, 3.8) is 0 Å². The summed E-state index contributed by atoms with van der Waals surface area (Å²) in [5.41, 5.74) is 3.11. The molecule has 2 aliphatic rings. The van der Waals surface area contributed by atoms with E-state index in [0.29, 0.717) is 17.8 Å². The van der Waals surface area contributed by atoms with Gasteiger partial charge in [-0.05, 0) is 73.1 Å². The predicted octanol–water partition coefficient (Wildman–Crippen LogP) is 3.56. The van der Waals surface area contributed by atoms with Gasteiger partial charge in [0.05, 0.1) is 24.7 Å². The average molecular weight is 520 g/mol. The SMILES string of the molecule is O=C(O)CC(NC(=O)Cn1c(C2CC2)ccc(NCc2ccc3c(n2)NCCC3)c1=O)c1cccc(F)c1. The highest BCUT2D eigenvalue weighted by molar-refractivity contribution is 5.78. The zero-order valence-electron chi connectivity index (χ0n) is 20.9. The lowest BCUT2D eigenvalue weighted by Crippen LogP contribution is -2.37. The van der Waals surface area contributed by atoms with Crippen molar-refractivity contribution in [1.82, 2.24) is 14.9 Å². The molecule has 1 saturated carbocycles. The Morgan fingerprint density at radius 3 is 2.79 bits per heavy atom. The summed E-state index contributed by atoms with van der Waals surface area (Å²) in [6, 6.07) is 12.1. The second-order valence-corrected chi connectivity index (χ2v) is 9.80. The van der Waals surface area contributed by atoms with Gasteiger partial charge in [0.25, 0.3) is 5.56 Å². The van der Waals surface area contributed by atoms with Crippen molar-refractivity contribution in [2.45, 2.75) is 57.2 Å². The van der Waals surface area contributed by atoms with Crippen LogP contribution in [0.15, 0.2) is 53.3 Å². The highest BCUT2D eigenvalue weighted by atomic mass is 19.1. The molecule has 1 aliphatic heterocycles. The van der Waals surface area contributed by atoms with E-state index in [-0.39, 0.29) is 18.0 Å². The molecule has 198 valence electrons. The minimum absolute atomic E-state index is 0.205. The van der Waals surface area contributed by atoms with Crippen LogP contribution in [-0.2, 0) is 29.1 Å². The molecule has 0 spiro atoms. The molecular formula is C28H30FN5O4. The van der Waals surface area contributed by atoms with Crippen LogP contribution in [0.25, 0.3) is 0 Å². The highest BCUT2D eigenvalue weighted by Crippen LogP contribution is 2.39. The fourth-order valence-electron chi connectivity index (χ4n) is 4.81. The van der Waals surface area contributed by atoms with Gasteiger partial charge in [-0.15, -0.1) is 0 Å². The molecule has 3 heterocycles. The lowest BCUT2D eigenvalue weighted by atomic mass is 10.0. The van der Waals surface area contributed by atoms with Crippen LogP contribution < -0.4 is 21.5 Å². The lowest BCUT2D eigenvalue weighted by molar-refractivity contribution is -0.137. The van der Waals surface area contributed by atoms with Crippen LogP contribution in [0.1, 0.15) is 60.2 Å². The third kappa shape index (κ3) is 6.01. The Hall–Kier alpha value is -4.21. The highest BCUT2D eigenvalue weighted by Gasteiger charge is 2.28. The number of carbonyl (C=O) groups is 2. The lowest BCUT2D eigenvalue weighted by Gasteiger charge is -2.20. The molecule has 5 rings (SSSR count). The molecule has 1 amide bonds. The molecule has 1 aromatic carbocycles. The van der Waals surface area contributed by atoms with E-state index < -0.39 is 30.2 Å². The molecule has 38 heavy (non-hydrogen) atoms. The van der Waals surface area contributed by atoms with Gasteiger partial charge in [0.1, 0.15) is 23.9 Å². The molecule has 4 N–H and O–H groups in total. The zero-order chi connectivity index (χ0) is 26.6. The Kier molecular flexibility index (Phi) is 7.39. The van der Waals surface area contributed by atoms with Crippen molar-refractivity contribution in [3.05, 3.63) is 87.2 Å². The number of benzene rings is 1. The molecule has 9 nitrogen and oxygen atoms in total. The Balaban J connectivity index is 1.33. The second kappa shape index (κ2) is 11.0. The first kappa shape index (κ1) is 25.4. The van der Waals surface area contributed by atoms with E-state index in [1.165, 1.54) is 28.3 Å². The molecule has 0 saturated heterocycles. The van der Waals surface area contributed by atoms with E-state index in [4.69, 9.17) is 0 Å². The third-order valence-corrected chi connectivity index (χ3v) is 6.88. The van der Waals surface area contributed by atoms with E-state index in [2.05, 4.69) is 27.0 Å². The van der Waals surface area contributed by atoms with Crippen LogP contribution in [0.4, 0.5) is 15.9 Å². The van der Waals surface area contributed by atoms with Crippen molar-refractivity contribution in [3.8, 4) is 0 Å². The Bertz CT molecular complexity index is 1420. The summed E-state index contributed by atoms with van der Waals surface area (Å²) in [5, 5.41) is 18.5. The smallest absolute Gasteiger partial charge is 0.305 e. The van der Waals surface area contributed by atoms with Crippen LogP contribution >= 0.6 is 0 Å². The summed E-state index contributed by atoms with van der Waals surface area (Å²) in [6.07, 6.45) is 3.52. The molecule has 3 aromatic rings.